The van der Waals surface area contributed by atoms with Crippen LogP contribution >= 0.6 is 0 Å². The largest absolute Gasteiger partial charge is 0.356 e. The summed E-state index contributed by atoms with van der Waals surface area (Å²) in [6.45, 7) is 3.53. The van der Waals surface area contributed by atoms with Gasteiger partial charge in [0.1, 0.15) is 0 Å². The van der Waals surface area contributed by atoms with Gasteiger partial charge in [-0.2, -0.15) is 0 Å². The normalized spacial score (nSPS) is 14.4. The topological polar surface area (TPSA) is 44.4 Å². The fraction of sp³-hybridized carbons (Fsp3) is 0.588. The van der Waals surface area contributed by atoms with Crippen LogP contribution in [0.4, 0.5) is 0 Å². The molecule has 0 radical (unpaired) electrons. The third-order valence-electron chi connectivity index (χ3n) is 3.70. The molecule has 2 rings (SSSR count). The van der Waals surface area contributed by atoms with Gasteiger partial charge in [-0.3, -0.25) is 4.79 Å². The summed E-state index contributed by atoms with van der Waals surface area (Å²) in [6.07, 6.45) is 4.13. The molecule has 0 saturated heterocycles. The zero-order chi connectivity index (χ0) is 14.9. The van der Waals surface area contributed by atoms with Gasteiger partial charge in [0, 0.05) is 32.1 Å². The molecule has 0 bridgehead atoms. The molecular weight excluding hydrogens is 262 g/mol. The van der Waals surface area contributed by atoms with Crippen LogP contribution in [0.5, 0.6) is 0 Å². The molecule has 1 saturated carbocycles. The Hall–Kier alpha value is -1.39. The van der Waals surface area contributed by atoms with Crippen molar-refractivity contribution < 1.29 is 4.79 Å². The first-order chi connectivity index (χ1) is 10.2. The zero-order valence-electron chi connectivity index (χ0n) is 13.0. The summed E-state index contributed by atoms with van der Waals surface area (Å²) in [5.74, 6) is 0.161. The van der Waals surface area contributed by atoms with Crippen molar-refractivity contribution in [3.8, 4) is 0 Å². The highest BCUT2D eigenvalue weighted by Crippen LogP contribution is 2.18. The lowest BCUT2D eigenvalue weighted by molar-refractivity contribution is -0.121. The van der Waals surface area contributed by atoms with Gasteiger partial charge in [0.15, 0.2) is 0 Å². The van der Waals surface area contributed by atoms with E-state index in [9.17, 15) is 4.79 Å². The van der Waals surface area contributed by atoms with Crippen molar-refractivity contribution in [2.45, 2.75) is 38.3 Å². The summed E-state index contributed by atoms with van der Waals surface area (Å²) >= 11 is 0. The molecule has 1 amide bonds. The molecule has 0 atom stereocenters. The van der Waals surface area contributed by atoms with E-state index in [-0.39, 0.29) is 5.91 Å². The molecule has 116 valence electrons. The van der Waals surface area contributed by atoms with Crippen LogP contribution < -0.4 is 10.6 Å². The standard InChI is InChI=1S/C17H27N3O/c1-20(14-15-6-3-2-4-7-15)13-5-11-19-17(21)10-12-18-16-8-9-16/h2-4,6-7,16,18H,5,8-14H2,1H3,(H,19,21). The highest BCUT2D eigenvalue weighted by Gasteiger charge is 2.19. The van der Waals surface area contributed by atoms with Gasteiger partial charge in [-0.05, 0) is 38.4 Å². The lowest BCUT2D eigenvalue weighted by atomic mass is 10.2. The van der Waals surface area contributed by atoms with Crippen molar-refractivity contribution in [2.75, 3.05) is 26.7 Å². The van der Waals surface area contributed by atoms with Gasteiger partial charge < -0.3 is 15.5 Å². The first kappa shape index (κ1) is 16.0. The molecule has 21 heavy (non-hydrogen) atoms. The van der Waals surface area contributed by atoms with Gasteiger partial charge in [0.2, 0.25) is 5.91 Å². The van der Waals surface area contributed by atoms with E-state index in [0.717, 1.165) is 32.6 Å². The molecule has 1 fully saturated rings. The van der Waals surface area contributed by atoms with Gasteiger partial charge in [0.05, 0.1) is 0 Å². The number of nitrogens with zero attached hydrogens (tertiary/aromatic N) is 1. The second-order valence-electron chi connectivity index (χ2n) is 5.91. The molecule has 0 heterocycles. The summed E-state index contributed by atoms with van der Waals surface area (Å²) in [5, 5.41) is 6.34. The number of rotatable bonds is 10. The first-order valence-electron chi connectivity index (χ1n) is 7.96. The number of amides is 1. The maximum Gasteiger partial charge on any atom is 0.221 e. The molecule has 1 aliphatic carbocycles. The Morgan fingerprint density at radius 3 is 2.71 bits per heavy atom. The Balaban J connectivity index is 1.47. The summed E-state index contributed by atoms with van der Waals surface area (Å²) in [6, 6.07) is 11.1. The van der Waals surface area contributed by atoms with Crippen LogP contribution in [-0.2, 0) is 11.3 Å². The van der Waals surface area contributed by atoms with Crippen molar-refractivity contribution in [3.05, 3.63) is 35.9 Å². The Bertz CT molecular complexity index is 417. The molecule has 0 spiro atoms. The Kier molecular flexibility index (Phi) is 6.70. The van der Waals surface area contributed by atoms with Gasteiger partial charge in [-0.15, -0.1) is 0 Å². The molecule has 1 aromatic rings. The van der Waals surface area contributed by atoms with Gasteiger partial charge in [0.25, 0.3) is 0 Å². The highest BCUT2D eigenvalue weighted by atomic mass is 16.1. The van der Waals surface area contributed by atoms with E-state index in [2.05, 4.69) is 46.8 Å². The minimum atomic E-state index is 0.161. The molecule has 0 aliphatic heterocycles. The van der Waals surface area contributed by atoms with Crippen molar-refractivity contribution in [1.29, 1.82) is 0 Å². The van der Waals surface area contributed by atoms with E-state index in [1.54, 1.807) is 0 Å². The third-order valence-corrected chi connectivity index (χ3v) is 3.70. The number of hydrogen-bond donors (Lipinski definition) is 2. The minimum absolute atomic E-state index is 0.161. The monoisotopic (exact) mass is 289 g/mol. The third kappa shape index (κ3) is 7.25. The Morgan fingerprint density at radius 2 is 2.00 bits per heavy atom. The van der Waals surface area contributed by atoms with Crippen molar-refractivity contribution >= 4 is 5.91 Å². The lowest BCUT2D eigenvalue weighted by Crippen LogP contribution is -2.30. The molecule has 4 nitrogen and oxygen atoms in total. The maximum atomic E-state index is 11.6. The van der Waals surface area contributed by atoms with Crippen LogP contribution in [0, 0.1) is 0 Å². The summed E-state index contributed by atoms with van der Waals surface area (Å²) in [4.78, 5) is 13.9. The molecule has 0 unspecified atom stereocenters. The summed E-state index contributed by atoms with van der Waals surface area (Å²) in [7, 11) is 2.12. The van der Waals surface area contributed by atoms with Gasteiger partial charge in [-0.1, -0.05) is 30.3 Å². The number of benzene rings is 1. The Labute approximate surface area is 127 Å². The SMILES string of the molecule is CN(CCCNC(=O)CCNC1CC1)Cc1ccccc1. The van der Waals surface area contributed by atoms with E-state index in [1.807, 2.05) is 6.07 Å². The van der Waals surface area contributed by atoms with E-state index in [0.29, 0.717) is 12.5 Å². The quantitative estimate of drug-likeness (QED) is 0.645. The van der Waals surface area contributed by atoms with Crippen molar-refractivity contribution in [3.63, 3.8) is 0 Å². The average molecular weight is 289 g/mol. The van der Waals surface area contributed by atoms with Gasteiger partial charge in [-0.25, -0.2) is 0 Å². The average Bonchev–Trinajstić information content (AvgIpc) is 3.29. The molecule has 1 aliphatic rings. The van der Waals surface area contributed by atoms with Crippen LogP contribution in [-0.4, -0.2) is 43.5 Å². The molecule has 0 aromatic heterocycles. The fourth-order valence-corrected chi connectivity index (χ4v) is 2.32. The summed E-state index contributed by atoms with van der Waals surface area (Å²) < 4.78 is 0. The van der Waals surface area contributed by atoms with Crippen LogP contribution in [0.2, 0.25) is 0 Å². The molecule has 4 heteroatoms. The van der Waals surface area contributed by atoms with Gasteiger partial charge >= 0.3 is 0 Å². The second kappa shape index (κ2) is 8.80. The minimum Gasteiger partial charge on any atom is -0.356 e. The predicted molar refractivity (Wildman–Crippen MR) is 86.0 cm³/mol. The van der Waals surface area contributed by atoms with Crippen LogP contribution in [0.1, 0.15) is 31.2 Å². The number of carbonyl (C=O) groups excluding carboxylic acids is 1. The smallest absolute Gasteiger partial charge is 0.221 e. The first-order valence-corrected chi connectivity index (χ1v) is 7.96. The van der Waals surface area contributed by atoms with E-state index in [1.165, 1.54) is 18.4 Å². The number of carbonyl (C=O) groups is 1. The Morgan fingerprint density at radius 1 is 1.24 bits per heavy atom. The van der Waals surface area contributed by atoms with E-state index < -0.39 is 0 Å². The zero-order valence-corrected chi connectivity index (χ0v) is 13.0. The summed E-state index contributed by atoms with van der Waals surface area (Å²) in [5.41, 5.74) is 1.33. The van der Waals surface area contributed by atoms with E-state index in [4.69, 9.17) is 0 Å². The predicted octanol–water partition coefficient (Wildman–Crippen LogP) is 1.77. The molecule has 2 N–H and O–H groups in total. The second-order valence-corrected chi connectivity index (χ2v) is 5.91. The van der Waals surface area contributed by atoms with Crippen molar-refractivity contribution in [1.82, 2.24) is 15.5 Å². The number of nitrogens with one attached hydrogen (secondary N) is 2. The highest BCUT2D eigenvalue weighted by molar-refractivity contribution is 5.76. The van der Waals surface area contributed by atoms with E-state index >= 15 is 0 Å². The van der Waals surface area contributed by atoms with Crippen molar-refractivity contribution in [2.24, 2.45) is 0 Å². The molecular formula is C17H27N3O. The van der Waals surface area contributed by atoms with Crippen LogP contribution in [0.25, 0.3) is 0 Å². The van der Waals surface area contributed by atoms with Crippen LogP contribution in [0.15, 0.2) is 30.3 Å². The molecule has 1 aromatic carbocycles. The fourth-order valence-electron chi connectivity index (χ4n) is 2.32. The number of hydrogen-bond acceptors (Lipinski definition) is 3. The maximum absolute atomic E-state index is 11.6. The van der Waals surface area contributed by atoms with Crippen LogP contribution in [0.3, 0.4) is 0 Å². The lowest BCUT2D eigenvalue weighted by Gasteiger charge is -2.16.